The molecule has 0 aliphatic heterocycles. The minimum absolute atomic E-state index is 0.530. The molecule has 0 aliphatic carbocycles. The number of rotatable bonds is 0. The Kier molecular flexibility index (Phi) is 1.88. The first-order chi connectivity index (χ1) is 6.77. The van der Waals surface area contributed by atoms with E-state index in [0.29, 0.717) is 14.5 Å². The zero-order valence-electron chi connectivity index (χ0n) is 7.62. The second-order valence-corrected chi connectivity index (χ2v) is 6.19. The van der Waals surface area contributed by atoms with Gasteiger partial charge in [-0.15, -0.1) is 0 Å². The predicted octanol–water partition coefficient (Wildman–Crippen LogP) is 3.15. The summed E-state index contributed by atoms with van der Waals surface area (Å²) in [5.41, 5.74) is 2.72. The van der Waals surface area contributed by atoms with Gasteiger partial charge in [0.25, 0.3) is 0 Å². The molecule has 70 valence electrons. The average Bonchev–Trinajstić information content (AvgIpc) is 2.72. The van der Waals surface area contributed by atoms with Crippen LogP contribution in [0.1, 0.15) is 0 Å². The normalized spacial score (nSPS) is 11.6. The molecule has 1 nitrogen and oxygen atoms in total. The van der Waals surface area contributed by atoms with E-state index in [1.807, 2.05) is 0 Å². The van der Waals surface area contributed by atoms with E-state index in [1.165, 1.54) is 20.7 Å². The molecule has 2 aromatic heterocycles. The molecular weight excluding hydrogens is 305 g/mol. The summed E-state index contributed by atoms with van der Waals surface area (Å²) in [6.45, 7) is 0. The van der Waals surface area contributed by atoms with Crippen LogP contribution in [0.15, 0.2) is 33.7 Å². The Bertz CT molecular complexity index is 621. The molecule has 0 radical (unpaired) electrons. The van der Waals surface area contributed by atoms with Crippen molar-refractivity contribution >= 4 is 51.1 Å². The quantitative estimate of drug-likeness (QED) is 0.562. The average molecular weight is 313 g/mol. The summed E-state index contributed by atoms with van der Waals surface area (Å²) in [5, 5.41) is 1.41. The van der Waals surface area contributed by atoms with Gasteiger partial charge in [-0.2, -0.15) is 0 Å². The van der Waals surface area contributed by atoms with Crippen molar-refractivity contribution in [1.29, 1.82) is 0 Å². The number of hydrogen-bond donors (Lipinski definition) is 0. The molecule has 0 saturated carbocycles. The van der Waals surface area contributed by atoms with Crippen LogP contribution < -0.4 is 0 Å². The van der Waals surface area contributed by atoms with E-state index in [4.69, 9.17) is 0 Å². The van der Waals surface area contributed by atoms with Crippen molar-refractivity contribution in [3.8, 4) is 0 Å². The third-order valence-corrected chi connectivity index (χ3v) is 5.03. The molecule has 0 unspecified atom stereocenters. The Morgan fingerprint density at radius 3 is 2.93 bits per heavy atom. The van der Waals surface area contributed by atoms with Gasteiger partial charge >= 0.3 is 96.4 Å². The monoisotopic (exact) mass is 313 g/mol. The fourth-order valence-electron chi connectivity index (χ4n) is 1.87. The molecular formula is C11H8BrNSe. The maximum atomic E-state index is 3.51. The molecule has 14 heavy (non-hydrogen) atoms. The molecule has 0 aliphatic rings. The van der Waals surface area contributed by atoms with E-state index in [2.05, 4.69) is 56.8 Å². The molecule has 0 amide bonds. The topological polar surface area (TPSA) is 4.93 Å². The zero-order valence-corrected chi connectivity index (χ0v) is 10.9. The fourth-order valence-corrected chi connectivity index (χ4v) is 4.23. The van der Waals surface area contributed by atoms with Crippen molar-refractivity contribution in [2.24, 2.45) is 7.05 Å². The van der Waals surface area contributed by atoms with Gasteiger partial charge in [0.05, 0.1) is 0 Å². The van der Waals surface area contributed by atoms with Crippen LogP contribution in [0.5, 0.6) is 0 Å². The van der Waals surface area contributed by atoms with Crippen molar-refractivity contribution in [2.75, 3.05) is 0 Å². The third-order valence-electron chi connectivity index (χ3n) is 2.57. The Morgan fingerprint density at radius 2 is 2.07 bits per heavy atom. The first-order valence-electron chi connectivity index (χ1n) is 4.38. The van der Waals surface area contributed by atoms with Crippen LogP contribution in [0.4, 0.5) is 0 Å². The number of hydrogen-bond acceptors (Lipinski definition) is 0. The Balaban J connectivity index is 2.64. The number of benzene rings is 1. The van der Waals surface area contributed by atoms with Gasteiger partial charge in [-0.3, -0.25) is 0 Å². The van der Waals surface area contributed by atoms with E-state index in [0.717, 1.165) is 4.47 Å². The zero-order chi connectivity index (χ0) is 9.71. The van der Waals surface area contributed by atoms with E-state index in [-0.39, 0.29) is 0 Å². The summed E-state index contributed by atoms with van der Waals surface area (Å²) in [4.78, 5) is 2.29. The molecule has 0 fully saturated rings. The number of aryl methyl sites for hydroxylation is 1. The van der Waals surface area contributed by atoms with Gasteiger partial charge in [0.15, 0.2) is 0 Å². The number of nitrogens with zero attached hydrogens (tertiary/aromatic N) is 1. The first-order valence-corrected chi connectivity index (χ1v) is 7.02. The Morgan fingerprint density at radius 1 is 1.21 bits per heavy atom. The molecule has 0 saturated heterocycles. The Labute approximate surface area is 96.2 Å². The summed E-state index contributed by atoms with van der Waals surface area (Å²) in [6.07, 6.45) is 0. The van der Waals surface area contributed by atoms with E-state index >= 15 is 0 Å². The number of halogens is 1. The molecule has 1 aromatic carbocycles. The van der Waals surface area contributed by atoms with Crippen LogP contribution in [-0.4, -0.2) is 19.1 Å². The van der Waals surface area contributed by atoms with Crippen LogP contribution in [0.25, 0.3) is 20.7 Å². The van der Waals surface area contributed by atoms with Crippen LogP contribution >= 0.6 is 15.9 Å². The van der Waals surface area contributed by atoms with E-state index in [1.54, 1.807) is 0 Å². The SMILES string of the molecule is Cn1c2cc(Br)ccc2c2[se]ccc21. The van der Waals surface area contributed by atoms with Crippen LogP contribution in [0, 0.1) is 0 Å². The maximum absolute atomic E-state index is 3.51. The second kappa shape index (κ2) is 2.99. The summed E-state index contributed by atoms with van der Waals surface area (Å²) in [7, 11) is 2.14. The van der Waals surface area contributed by atoms with Gasteiger partial charge in [-0.1, -0.05) is 0 Å². The third kappa shape index (κ3) is 1.07. The van der Waals surface area contributed by atoms with Gasteiger partial charge < -0.3 is 0 Å². The van der Waals surface area contributed by atoms with Crippen molar-refractivity contribution < 1.29 is 0 Å². The molecule has 2 heterocycles. The van der Waals surface area contributed by atoms with Gasteiger partial charge in [-0.25, -0.2) is 0 Å². The van der Waals surface area contributed by atoms with Gasteiger partial charge in [0.2, 0.25) is 0 Å². The molecule has 3 aromatic rings. The summed E-state index contributed by atoms with van der Waals surface area (Å²) >= 11 is 4.04. The van der Waals surface area contributed by atoms with Crippen molar-refractivity contribution in [2.45, 2.75) is 0 Å². The van der Waals surface area contributed by atoms with E-state index < -0.39 is 0 Å². The van der Waals surface area contributed by atoms with Crippen LogP contribution in [0.3, 0.4) is 0 Å². The molecule has 0 atom stereocenters. The minimum atomic E-state index is 0.530. The van der Waals surface area contributed by atoms with Crippen molar-refractivity contribution in [1.82, 2.24) is 4.57 Å². The molecule has 0 spiro atoms. The van der Waals surface area contributed by atoms with Gasteiger partial charge in [0, 0.05) is 0 Å². The molecule has 0 N–H and O–H groups in total. The fraction of sp³-hybridized carbons (Fsp3) is 0.0909. The molecule has 3 heteroatoms. The summed E-state index contributed by atoms with van der Waals surface area (Å²) < 4.78 is 4.96. The number of aromatic nitrogens is 1. The molecule has 0 bridgehead atoms. The summed E-state index contributed by atoms with van der Waals surface area (Å²) in [6, 6.07) is 8.77. The predicted molar refractivity (Wildman–Crippen MR) is 65.1 cm³/mol. The summed E-state index contributed by atoms with van der Waals surface area (Å²) in [5.74, 6) is 0. The van der Waals surface area contributed by atoms with Crippen molar-refractivity contribution in [3.63, 3.8) is 0 Å². The molecule has 3 rings (SSSR count). The second-order valence-electron chi connectivity index (χ2n) is 3.36. The van der Waals surface area contributed by atoms with Gasteiger partial charge in [-0.05, 0) is 0 Å². The van der Waals surface area contributed by atoms with Crippen LogP contribution in [0.2, 0.25) is 0 Å². The van der Waals surface area contributed by atoms with Crippen LogP contribution in [-0.2, 0) is 7.05 Å². The first kappa shape index (κ1) is 8.78. The standard InChI is InChI=1S/C11H8BrNSe/c1-13-9-4-5-14-11(9)8-3-2-7(12)6-10(8)13/h2-6H,1H3. The number of fused-ring (bicyclic) bond motifs is 3. The van der Waals surface area contributed by atoms with E-state index in [9.17, 15) is 0 Å². The van der Waals surface area contributed by atoms with Gasteiger partial charge in [0.1, 0.15) is 0 Å². The Hall–Kier alpha value is -0.501. The van der Waals surface area contributed by atoms with Crippen molar-refractivity contribution in [3.05, 3.63) is 33.7 Å².